The predicted octanol–water partition coefficient (Wildman–Crippen LogP) is 3.92. The summed E-state index contributed by atoms with van der Waals surface area (Å²) in [6, 6.07) is 7.81. The Morgan fingerprint density at radius 2 is 1.85 bits per heavy atom. The van der Waals surface area contributed by atoms with Crippen molar-refractivity contribution in [2.75, 3.05) is 13.1 Å². The number of hydrogen-bond acceptors (Lipinski definition) is 1. The quantitative estimate of drug-likeness (QED) is 0.823. The summed E-state index contributed by atoms with van der Waals surface area (Å²) in [4.78, 5) is 14.3. The number of nitrogens with zero attached hydrogens (tertiary/aromatic N) is 1. The molecule has 2 fully saturated rings. The van der Waals surface area contributed by atoms with Gasteiger partial charge in [0.25, 0.3) is 0 Å². The lowest BCUT2D eigenvalue weighted by Crippen LogP contribution is -2.39. The molecule has 108 valence electrons. The maximum Gasteiger partial charge on any atom is 0.222 e. The minimum atomic E-state index is 0.305. The number of hydrogen-bond donors (Lipinski definition) is 0. The molecule has 2 nitrogen and oxygen atoms in total. The maximum absolute atomic E-state index is 12.2. The summed E-state index contributed by atoms with van der Waals surface area (Å²) in [5.74, 6) is 2.19. The molecule has 3 heteroatoms. The first-order valence-corrected chi connectivity index (χ1v) is 8.12. The van der Waals surface area contributed by atoms with Crippen LogP contribution in [-0.4, -0.2) is 23.9 Å². The van der Waals surface area contributed by atoms with Crippen molar-refractivity contribution < 1.29 is 4.79 Å². The molecule has 2 aliphatic rings. The van der Waals surface area contributed by atoms with E-state index in [4.69, 9.17) is 11.6 Å². The van der Waals surface area contributed by atoms with E-state index in [0.717, 1.165) is 41.9 Å². The second-order valence-corrected chi connectivity index (χ2v) is 6.62. The van der Waals surface area contributed by atoms with Crippen LogP contribution in [0.1, 0.15) is 37.7 Å². The summed E-state index contributed by atoms with van der Waals surface area (Å²) in [5.41, 5.74) is 1.15. The van der Waals surface area contributed by atoms with Gasteiger partial charge in [0.2, 0.25) is 5.91 Å². The van der Waals surface area contributed by atoms with E-state index >= 15 is 0 Å². The van der Waals surface area contributed by atoms with Gasteiger partial charge in [-0.1, -0.05) is 23.7 Å². The van der Waals surface area contributed by atoms with Crippen molar-refractivity contribution in [3.05, 3.63) is 34.9 Å². The fraction of sp³-hybridized carbons (Fsp3) is 0.588. The van der Waals surface area contributed by atoms with Gasteiger partial charge in [0.1, 0.15) is 0 Å². The summed E-state index contributed by atoms with van der Waals surface area (Å²) < 4.78 is 0. The number of aryl methyl sites for hydroxylation is 1. The number of piperidine rings is 1. The third-order valence-corrected chi connectivity index (χ3v) is 4.93. The number of carbonyl (C=O) groups excluding carboxylic acids is 1. The third-order valence-electron chi connectivity index (χ3n) is 4.70. The summed E-state index contributed by atoms with van der Waals surface area (Å²) in [5, 5.41) is 0.750. The van der Waals surface area contributed by atoms with Crippen molar-refractivity contribution in [1.82, 2.24) is 4.90 Å². The number of carbonyl (C=O) groups is 1. The van der Waals surface area contributed by atoms with Crippen LogP contribution in [0.25, 0.3) is 0 Å². The molecule has 1 amide bonds. The lowest BCUT2D eigenvalue weighted by Gasteiger charge is -2.32. The van der Waals surface area contributed by atoms with Gasteiger partial charge in [-0.3, -0.25) is 4.79 Å². The Labute approximate surface area is 126 Å². The molecule has 1 aliphatic heterocycles. The van der Waals surface area contributed by atoms with Gasteiger partial charge in [-0.25, -0.2) is 0 Å². The highest BCUT2D eigenvalue weighted by Crippen LogP contribution is 2.41. The largest absolute Gasteiger partial charge is 0.343 e. The van der Waals surface area contributed by atoms with Crippen molar-refractivity contribution in [3.8, 4) is 0 Å². The summed E-state index contributed by atoms with van der Waals surface area (Å²) in [7, 11) is 0. The molecule has 0 bridgehead atoms. The monoisotopic (exact) mass is 291 g/mol. The molecule has 1 heterocycles. The normalized spacial score (nSPS) is 20.1. The van der Waals surface area contributed by atoms with Crippen LogP contribution in [0.3, 0.4) is 0 Å². The smallest absolute Gasteiger partial charge is 0.222 e. The first kappa shape index (κ1) is 13.9. The predicted molar refractivity (Wildman–Crippen MR) is 81.8 cm³/mol. The Morgan fingerprint density at radius 1 is 1.15 bits per heavy atom. The molecule has 0 atom stereocenters. The first-order chi connectivity index (χ1) is 9.72. The van der Waals surface area contributed by atoms with E-state index in [2.05, 4.69) is 4.90 Å². The second kappa shape index (κ2) is 6.17. The van der Waals surface area contributed by atoms with E-state index in [9.17, 15) is 4.79 Å². The Balaban J connectivity index is 1.45. The molecule has 20 heavy (non-hydrogen) atoms. The topological polar surface area (TPSA) is 20.3 Å². The van der Waals surface area contributed by atoms with Crippen LogP contribution in [-0.2, 0) is 11.2 Å². The van der Waals surface area contributed by atoms with Crippen molar-refractivity contribution in [1.29, 1.82) is 0 Å². The Morgan fingerprint density at radius 3 is 2.50 bits per heavy atom. The van der Waals surface area contributed by atoms with Crippen LogP contribution >= 0.6 is 11.6 Å². The van der Waals surface area contributed by atoms with Crippen LogP contribution in [0, 0.1) is 11.8 Å². The zero-order valence-electron chi connectivity index (χ0n) is 11.9. The molecule has 0 N–H and O–H groups in total. The van der Waals surface area contributed by atoms with E-state index in [1.807, 2.05) is 24.3 Å². The molecular weight excluding hydrogens is 270 g/mol. The van der Waals surface area contributed by atoms with Crippen LogP contribution < -0.4 is 0 Å². The minimum absolute atomic E-state index is 0.305. The molecular formula is C17H22ClNO. The Kier molecular flexibility index (Phi) is 4.30. The molecule has 1 aromatic rings. The number of likely N-dealkylation sites (tertiary alicyclic amines) is 1. The van der Waals surface area contributed by atoms with Gasteiger partial charge >= 0.3 is 0 Å². The Hall–Kier alpha value is -1.02. The average molecular weight is 292 g/mol. The van der Waals surface area contributed by atoms with E-state index in [1.54, 1.807) is 0 Å². The number of rotatable bonds is 4. The summed E-state index contributed by atoms with van der Waals surface area (Å²) in [6.45, 7) is 1.94. The SMILES string of the molecule is O=C(CCc1cccc(Cl)c1)N1CCC(C2CC2)CC1. The molecule has 1 aromatic carbocycles. The highest BCUT2D eigenvalue weighted by atomic mass is 35.5. The van der Waals surface area contributed by atoms with E-state index < -0.39 is 0 Å². The van der Waals surface area contributed by atoms with Crippen LogP contribution in [0.5, 0.6) is 0 Å². The van der Waals surface area contributed by atoms with Crippen LogP contribution in [0.2, 0.25) is 5.02 Å². The van der Waals surface area contributed by atoms with Gasteiger partial charge in [-0.15, -0.1) is 0 Å². The van der Waals surface area contributed by atoms with E-state index in [0.29, 0.717) is 12.3 Å². The highest BCUT2D eigenvalue weighted by Gasteiger charge is 2.34. The first-order valence-electron chi connectivity index (χ1n) is 7.74. The van der Waals surface area contributed by atoms with Crippen molar-refractivity contribution in [2.45, 2.75) is 38.5 Å². The van der Waals surface area contributed by atoms with Gasteiger partial charge in [-0.05, 0) is 61.6 Å². The van der Waals surface area contributed by atoms with Gasteiger partial charge in [-0.2, -0.15) is 0 Å². The fourth-order valence-corrected chi connectivity index (χ4v) is 3.50. The second-order valence-electron chi connectivity index (χ2n) is 6.19. The van der Waals surface area contributed by atoms with Gasteiger partial charge in [0.15, 0.2) is 0 Å². The van der Waals surface area contributed by atoms with Gasteiger partial charge < -0.3 is 4.90 Å². The molecule has 0 spiro atoms. The molecule has 0 radical (unpaired) electrons. The maximum atomic E-state index is 12.2. The molecule has 1 saturated heterocycles. The average Bonchev–Trinajstić information content (AvgIpc) is 3.30. The van der Waals surface area contributed by atoms with Crippen molar-refractivity contribution in [3.63, 3.8) is 0 Å². The van der Waals surface area contributed by atoms with Gasteiger partial charge in [0.05, 0.1) is 0 Å². The molecule has 1 aliphatic carbocycles. The number of amides is 1. The lowest BCUT2D eigenvalue weighted by molar-refractivity contribution is -0.132. The minimum Gasteiger partial charge on any atom is -0.343 e. The van der Waals surface area contributed by atoms with Crippen molar-refractivity contribution in [2.24, 2.45) is 11.8 Å². The molecule has 1 saturated carbocycles. The van der Waals surface area contributed by atoms with Gasteiger partial charge in [0, 0.05) is 24.5 Å². The molecule has 0 aromatic heterocycles. The van der Waals surface area contributed by atoms with E-state index in [-0.39, 0.29) is 0 Å². The van der Waals surface area contributed by atoms with Crippen molar-refractivity contribution >= 4 is 17.5 Å². The number of halogens is 1. The number of benzene rings is 1. The van der Waals surface area contributed by atoms with E-state index in [1.165, 1.54) is 25.7 Å². The Bertz CT molecular complexity index is 476. The zero-order valence-corrected chi connectivity index (χ0v) is 12.6. The standard InChI is InChI=1S/C17H22ClNO/c18-16-3-1-2-13(12-16)4-7-17(20)19-10-8-15(9-11-19)14-5-6-14/h1-3,12,14-15H,4-11H2. The third kappa shape index (κ3) is 3.54. The molecule has 3 rings (SSSR count). The zero-order chi connectivity index (χ0) is 13.9. The summed E-state index contributed by atoms with van der Waals surface area (Å²) >= 11 is 5.97. The molecule has 0 unspecified atom stereocenters. The van der Waals surface area contributed by atoms with Crippen LogP contribution in [0.4, 0.5) is 0 Å². The highest BCUT2D eigenvalue weighted by molar-refractivity contribution is 6.30. The summed E-state index contributed by atoms with van der Waals surface area (Å²) in [6.07, 6.45) is 6.68. The lowest BCUT2D eigenvalue weighted by atomic mass is 9.92. The van der Waals surface area contributed by atoms with Crippen LogP contribution in [0.15, 0.2) is 24.3 Å². The fourth-order valence-electron chi connectivity index (χ4n) is 3.29.